The van der Waals surface area contributed by atoms with Crippen LogP contribution in [0.1, 0.15) is 342 Å². The molecule has 0 aliphatic heterocycles. The Morgan fingerprint density at radius 3 is 0.735 bits per heavy atom. The van der Waals surface area contributed by atoms with Gasteiger partial charge in [-0.3, -0.25) is 14.4 Å². The Hall–Kier alpha value is -3.93. The van der Waals surface area contributed by atoms with Crippen LogP contribution < -0.4 is 0 Å². The summed E-state index contributed by atoms with van der Waals surface area (Å²) in [5.74, 6) is -0.891. The lowest BCUT2D eigenvalue weighted by atomic mass is 10.0. The third-order valence-corrected chi connectivity index (χ3v) is 15.3. The van der Waals surface area contributed by atoms with Crippen molar-refractivity contribution in [2.75, 3.05) is 13.2 Å². The second-order valence-corrected chi connectivity index (χ2v) is 23.4. The van der Waals surface area contributed by atoms with E-state index in [4.69, 9.17) is 14.2 Å². The van der Waals surface area contributed by atoms with Crippen LogP contribution in [0.5, 0.6) is 0 Å². The molecule has 0 saturated carbocycles. The summed E-state index contributed by atoms with van der Waals surface area (Å²) in [6, 6.07) is 0. The quantitative estimate of drug-likeness (QED) is 0.0261. The molecule has 0 bridgehead atoms. The number of allylic oxidation sites excluding steroid dienone is 18. The fourth-order valence-electron chi connectivity index (χ4n) is 10.0. The number of hydrogen-bond acceptors (Lipinski definition) is 6. The smallest absolute Gasteiger partial charge is 0.306 e. The number of carbonyl (C=O) groups excluding carboxylic acids is 3. The lowest BCUT2D eigenvalue weighted by Gasteiger charge is -2.18. The highest BCUT2D eigenvalue weighted by molar-refractivity contribution is 5.71. The lowest BCUT2D eigenvalue weighted by molar-refractivity contribution is -0.167. The van der Waals surface area contributed by atoms with Gasteiger partial charge in [-0.25, -0.2) is 0 Å². The minimum absolute atomic E-state index is 0.0807. The monoisotopic (exact) mass is 1150 g/mol. The molecule has 476 valence electrons. The van der Waals surface area contributed by atoms with Crippen molar-refractivity contribution in [1.29, 1.82) is 0 Å². The third-order valence-electron chi connectivity index (χ3n) is 15.3. The number of esters is 3. The van der Waals surface area contributed by atoms with E-state index < -0.39 is 6.10 Å². The van der Waals surface area contributed by atoms with E-state index in [1.54, 1.807) is 0 Å². The third kappa shape index (κ3) is 68.7. The highest BCUT2D eigenvalue weighted by Crippen LogP contribution is 2.18. The van der Waals surface area contributed by atoms with Gasteiger partial charge in [0.1, 0.15) is 13.2 Å². The zero-order valence-electron chi connectivity index (χ0n) is 54.7. The summed E-state index contributed by atoms with van der Waals surface area (Å²) in [5.41, 5.74) is 0. The normalized spacial score (nSPS) is 12.8. The van der Waals surface area contributed by atoms with E-state index in [2.05, 4.69) is 130 Å². The van der Waals surface area contributed by atoms with Crippen molar-refractivity contribution in [1.82, 2.24) is 0 Å². The molecule has 0 radical (unpaired) electrons. The highest BCUT2D eigenvalue weighted by atomic mass is 16.6. The minimum Gasteiger partial charge on any atom is -0.462 e. The Morgan fingerprint density at radius 1 is 0.253 bits per heavy atom. The molecule has 0 aliphatic rings. The van der Waals surface area contributed by atoms with Crippen LogP contribution in [0.3, 0.4) is 0 Å². The predicted octanol–water partition coefficient (Wildman–Crippen LogP) is 24.6. The lowest BCUT2D eigenvalue weighted by Crippen LogP contribution is -2.30. The maximum atomic E-state index is 12.9. The first-order valence-corrected chi connectivity index (χ1v) is 35.4. The average Bonchev–Trinajstić information content (AvgIpc) is 3.49. The van der Waals surface area contributed by atoms with Crippen molar-refractivity contribution in [2.24, 2.45) is 0 Å². The molecule has 6 nitrogen and oxygen atoms in total. The van der Waals surface area contributed by atoms with E-state index in [0.29, 0.717) is 19.3 Å². The Labute approximate surface area is 514 Å². The Kier molecular flexibility index (Phi) is 67.2. The summed E-state index contributed by atoms with van der Waals surface area (Å²) in [6.07, 6.45) is 97.1. The number of carbonyl (C=O) groups is 3. The summed E-state index contributed by atoms with van der Waals surface area (Å²) in [6.45, 7) is 6.52. The van der Waals surface area contributed by atoms with Crippen molar-refractivity contribution in [3.63, 3.8) is 0 Å². The first-order chi connectivity index (χ1) is 41.0. The van der Waals surface area contributed by atoms with Crippen molar-refractivity contribution >= 4 is 17.9 Å². The average molecular weight is 1150 g/mol. The molecule has 1 atom stereocenters. The fraction of sp³-hybridized carbons (Fsp3) is 0.727. The second kappa shape index (κ2) is 70.6. The number of ether oxygens (including phenoxy) is 3. The van der Waals surface area contributed by atoms with Crippen LogP contribution in [0.2, 0.25) is 0 Å². The second-order valence-electron chi connectivity index (χ2n) is 23.4. The van der Waals surface area contributed by atoms with Crippen LogP contribution >= 0.6 is 0 Å². The number of rotatable bonds is 64. The first-order valence-electron chi connectivity index (χ1n) is 35.4. The maximum absolute atomic E-state index is 12.9. The van der Waals surface area contributed by atoms with Gasteiger partial charge in [0.2, 0.25) is 0 Å². The van der Waals surface area contributed by atoms with E-state index in [9.17, 15) is 14.4 Å². The van der Waals surface area contributed by atoms with Gasteiger partial charge in [0.15, 0.2) is 6.10 Å². The van der Waals surface area contributed by atoms with Gasteiger partial charge in [0.05, 0.1) is 0 Å². The van der Waals surface area contributed by atoms with Crippen LogP contribution in [-0.4, -0.2) is 37.2 Å². The summed E-state index contributed by atoms with van der Waals surface area (Å²) >= 11 is 0. The molecule has 0 rings (SSSR count). The van der Waals surface area contributed by atoms with E-state index in [0.717, 1.165) is 135 Å². The minimum atomic E-state index is -0.784. The van der Waals surface area contributed by atoms with E-state index in [1.165, 1.54) is 167 Å². The molecule has 0 heterocycles. The topological polar surface area (TPSA) is 78.9 Å². The van der Waals surface area contributed by atoms with Crippen LogP contribution in [0.15, 0.2) is 109 Å². The standard InChI is InChI=1S/C77H132O6/c1-4-7-10-13-16-19-21-23-25-27-29-31-33-35-36-37-38-39-40-41-42-43-45-46-48-50-52-54-56-58-61-64-67-70-76(79)82-73-74(72-81-75(78)69-66-63-60-18-15-12-9-6-3)83-77(80)71-68-65-62-59-57-55-53-51-49-47-44-34-32-30-28-26-24-22-20-17-14-11-8-5-2/h7,10,16,19,23,25,29,31,35-36,38-39,41-42,45-46,50,52,74H,4-6,8-9,11-15,17-18,20-22,24,26-28,30,32-34,37,40,43-44,47-49,51,53-73H2,1-3H3/b10-7-,19-16-,25-23-,31-29-,36-35-,39-38-,42-41-,46-45-,52-50-. The highest BCUT2D eigenvalue weighted by Gasteiger charge is 2.19. The number of unbranched alkanes of at least 4 members (excludes halogenated alkanes) is 35. The van der Waals surface area contributed by atoms with Gasteiger partial charge in [-0.2, -0.15) is 0 Å². The molecule has 6 heteroatoms. The van der Waals surface area contributed by atoms with Gasteiger partial charge in [0.25, 0.3) is 0 Å². The van der Waals surface area contributed by atoms with Crippen molar-refractivity contribution < 1.29 is 28.6 Å². The van der Waals surface area contributed by atoms with Crippen LogP contribution in [0.4, 0.5) is 0 Å². The van der Waals surface area contributed by atoms with Gasteiger partial charge in [0, 0.05) is 19.3 Å². The van der Waals surface area contributed by atoms with Gasteiger partial charge in [-0.15, -0.1) is 0 Å². The zero-order chi connectivity index (χ0) is 59.9. The zero-order valence-corrected chi connectivity index (χ0v) is 54.7. The molecule has 83 heavy (non-hydrogen) atoms. The maximum Gasteiger partial charge on any atom is 0.306 e. The predicted molar refractivity (Wildman–Crippen MR) is 362 cm³/mol. The van der Waals surface area contributed by atoms with Crippen LogP contribution in [0.25, 0.3) is 0 Å². The fourth-order valence-corrected chi connectivity index (χ4v) is 10.0. The molecule has 1 unspecified atom stereocenters. The molecule has 0 aromatic rings. The Balaban J connectivity index is 4.18. The van der Waals surface area contributed by atoms with Gasteiger partial charge >= 0.3 is 17.9 Å². The van der Waals surface area contributed by atoms with Crippen molar-refractivity contribution in [3.05, 3.63) is 109 Å². The van der Waals surface area contributed by atoms with E-state index in [-0.39, 0.29) is 31.1 Å². The summed E-state index contributed by atoms with van der Waals surface area (Å²) in [7, 11) is 0. The summed E-state index contributed by atoms with van der Waals surface area (Å²) in [4.78, 5) is 38.2. The molecule has 0 fully saturated rings. The van der Waals surface area contributed by atoms with E-state index in [1.807, 2.05) is 0 Å². The Morgan fingerprint density at radius 2 is 0.470 bits per heavy atom. The summed E-state index contributed by atoms with van der Waals surface area (Å²) in [5, 5.41) is 0. The molecule has 0 saturated heterocycles. The molecule has 0 amide bonds. The van der Waals surface area contributed by atoms with Crippen molar-refractivity contribution in [3.8, 4) is 0 Å². The van der Waals surface area contributed by atoms with Gasteiger partial charge in [-0.05, 0) is 89.9 Å². The molecule has 0 spiro atoms. The van der Waals surface area contributed by atoms with Gasteiger partial charge in [-0.1, -0.05) is 342 Å². The SMILES string of the molecule is CC/C=C\C/C=C\C/C=C\C/C=C\C/C=C\C/C=C\C/C=C\C/C=C\C/C=C\CCCCCCCC(=O)OCC(COC(=O)CCCCCCCCCC)OC(=O)CCCCCCCCCCCCCCCCCCCCCCCCCC. The van der Waals surface area contributed by atoms with Gasteiger partial charge < -0.3 is 14.2 Å². The van der Waals surface area contributed by atoms with E-state index >= 15 is 0 Å². The Bertz CT molecular complexity index is 1660. The molecular weight excluding hydrogens is 1020 g/mol. The molecule has 0 aromatic heterocycles. The molecular formula is C77H132O6. The summed E-state index contributed by atoms with van der Waals surface area (Å²) < 4.78 is 16.9. The molecule has 0 aromatic carbocycles. The van der Waals surface area contributed by atoms with Crippen molar-refractivity contribution in [2.45, 2.75) is 348 Å². The first kappa shape index (κ1) is 79.1. The van der Waals surface area contributed by atoms with Crippen LogP contribution in [-0.2, 0) is 28.6 Å². The van der Waals surface area contributed by atoms with Crippen LogP contribution in [0, 0.1) is 0 Å². The molecule has 0 N–H and O–H groups in total. The molecule has 0 aliphatic carbocycles. The number of hydrogen-bond donors (Lipinski definition) is 0. The largest absolute Gasteiger partial charge is 0.462 e.